The summed E-state index contributed by atoms with van der Waals surface area (Å²) in [5.41, 5.74) is 0.560. The van der Waals surface area contributed by atoms with Gasteiger partial charge >= 0.3 is 0 Å². The number of nitrogens with zero attached hydrogens (tertiary/aromatic N) is 1. The van der Waals surface area contributed by atoms with E-state index in [9.17, 15) is 9.59 Å². The lowest BCUT2D eigenvalue weighted by Gasteiger charge is -2.33. The van der Waals surface area contributed by atoms with Crippen LogP contribution in [0.2, 0.25) is 5.02 Å². The number of carbonyl (C=O) groups is 2. The summed E-state index contributed by atoms with van der Waals surface area (Å²) in [6, 6.07) is 14.4. The third-order valence-corrected chi connectivity index (χ3v) is 5.82. The minimum atomic E-state index is -0.556. The third-order valence-electron chi connectivity index (χ3n) is 4.57. The van der Waals surface area contributed by atoms with Crippen LogP contribution in [0.4, 0.5) is 0 Å². The quantitative estimate of drug-likeness (QED) is 0.523. The zero-order chi connectivity index (χ0) is 23.0. The van der Waals surface area contributed by atoms with E-state index in [0.29, 0.717) is 18.0 Å². The smallest absolute Gasteiger partial charge is 0.243 e. The Hall–Kier alpha value is -2.18. The van der Waals surface area contributed by atoms with Gasteiger partial charge < -0.3 is 15.0 Å². The van der Waals surface area contributed by atoms with Crippen molar-refractivity contribution in [3.63, 3.8) is 0 Å². The number of thioether (sulfide) groups is 1. The maximum atomic E-state index is 13.3. The van der Waals surface area contributed by atoms with E-state index in [1.807, 2.05) is 64.1 Å². The predicted molar refractivity (Wildman–Crippen MR) is 128 cm³/mol. The molecule has 1 atom stereocenters. The molecule has 1 N–H and O–H groups in total. The Morgan fingerprint density at radius 3 is 2.23 bits per heavy atom. The minimum absolute atomic E-state index is 0.0910. The molecule has 0 bridgehead atoms. The van der Waals surface area contributed by atoms with Crippen molar-refractivity contribution in [2.24, 2.45) is 0 Å². The highest BCUT2D eigenvalue weighted by Crippen LogP contribution is 2.23. The van der Waals surface area contributed by atoms with Gasteiger partial charge in [0.25, 0.3) is 0 Å². The van der Waals surface area contributed by atoms with E-state index in [1.165, 1.54) is 11.8 Å². The molecule has 2 amide bonds. The van der Waals surface area contributed by atoms with Crippen LogP contribution >= 0.6 is 23.4 Å². The van der Waals surface area contributed by atoms with Gasteiger partial charge in [-0.05, 0) is 69.2 Å². The summed E-state index contributed by atoms with van der Waals surface area (Å²) in [5.74, 6) is 0.745. The molecule has 168 valence electrons. The highest BCUT2D eigenvalue weighted by atomic mass is 35.5. The molecule has 0 saturated heterocycles. The molecular weight excluding hydrogens is 432 g/mol. The van der Waals surface area contributed by atoms with Crippen LogP contribution in [-0.4, -0.2) is 41.2 Å². The van der Waals surface area contributed by atoms with Crippen LogP contribution in [0.15, 0.2) is 53.4 Å². The first-order valence-corrected chi connectivity index (χ1v) is 11.6. The van der Waals surface area contributed by atoms with E-state index in [4.69, 9.17) is 16.3 Å². The van der Waals surface area contributed by atoms with Gasteiger partial charge in [0, 0.05) is 22.0 Å². The first kappa shape index (κ1) is 25.1. The number of carbonyl (C=O) groups excluding carboxylic acids is 2. The highest BCUT2D eigenvalue weighted by molar-refractivity contribution is 8.00. The molecule has 0 radical (unpaired) electrons. The van der Waals surface area contributed by atoms with Gasteiger partial charge in [-0.1, -0.05) is 30.7 Å². The lowest BCUT2D eigenvalue weighted by Crippen LogP contribution is -2.53. The Labute approximate surface area is 194 Å². The second-order valence-corrected chi connectivity index (χ2v) is 9.76. The Morgan fingerprint density at radius 1 is 1.10 bits per heavy atom. The average Bonchev–Trinajstić information content (AvgIpc) is 2.72. The largest absolute Gasteiger partial charge is 0.497 e. The van der Waals surface area contributed by atoms with Crippen molar-refractivity contribution in [2.75, 3.05) is 12.9 Å². The first-order chi connectivity index (χ1) is 14.6. The molecule has 31 heavy (non-hydrogen) atoms. The molecule has 5 nitrogen and oxygen atoms in total. The Balaban J connectivity index is 2.22. The highest BCUT2D eigenvalue weighted by Gasteiger charge is 2.30. The van der Waals surface area contributed by atoms with Crippen LogP contribution < -0.4 is 10.1 Å². The summed E-state index contributed by atoms with van der Waals surface area (Å²) in [4.78, 5) is 28.9. The number of amides is 2. The van der Waals surface area contributed by atoms with Crippen LogP contribution in [0, 0.1) is 0 Å². The number of ether oxygens (including phenoxy) is 1. The topological polar surface area (TPSA) is 58.6 Å². The van der Waals surface area contributed by atoms with Gasteiger partial charge in [0.2, 0.25) is 11.8 Å². The van der Waals surface area contributed by atoms with Gasteiger partial charge in [0.05, 0.1) is 12.9 Å². The van der Waals surface area contributed by atoms with Crippen LogP contribution in [0.3, 0.4) is 0 Å². The molecule has 0 aliphatic carbocycles. The molecule has 7 heteroatoms. The van der Waals surface area contributed by atoms with Gasteiger partial charge in [-0.3, -0.25) is 9.59 Å². The number of hydrogen-bond donors (Lipinski definition) is 1. The SMILES string of the molecule is CCC(C(=O)NC(C)(C)C)N(Cc1ccc(OC)cc1)C(=O)CSc1ccc(Cl)cc1. The van der Waals surface area contributed by atoms with Gasteiger partial charge in [0.15, 0.2) is 0 Å². The fourth-order valence-corrected chi connectivity index (χ4v) is 3.97. The molecule has 0 aliphatic rings. The van der Waals surface area contributed by atoms with Crippen molar-refractivity contribution < 1.29 is 14.3 Å². The van der Waals surface area contributed by atoms with Gasteiger partial charge in [-0.2, -0.15) is 0 Å². The average molecular weight is 463 g/mol. The number of rotatable bonds is 9. The predicted octanol–water partition coefficient (Wildman–Crippen LogP) is 5.16. The van der Waals surface area contributed by atoms with Gasteiger partial charge in [0.1, 0.15) is 11.8 Å². The number of halogens is 1. The summed E-state index contributed by atoms with van der Waals surface area (Å²) < 4.78 is 5.22. The molecule has 0 saturated carbocycles. The van der Waals surface area contributed by atoms with E-state index in [2.05, 4.69) is 5.32 Å². The maximum absolute atomic E-state index is 13.3. The van der Waals surface area contributed by atoms with Crippen molar-refractivity contribution in [1.29, 1.82) is 0 Å². The number of benzene rings is 2. The van der Waals surface area contributed by atoms with Crippen molar-refractivity contribution in [2.45, 2.75) is 57.1 Å². The van der Waals surface area contributed by atoms with Crippen LogP contribution in [0.25, 0.3) is 0 Å². The van der Waals surface area contributed by atoms with Gasteiger partial charge in [-0.25, -0.2) is 0 Å². The first-order valence-electron chi connectivity index (χ1n) is 10.3. The Kier molecular flexibility index (Phi) is 9.26. The molecular formula is C24H31ClN2O3S. The molecule has 1 unspecified atom stereocenters. The van der Waals surface area contributed by atoms with Crippen molar-refractivity contribution in [1.82, 2.24) is 10.2 Å². The standard InChI is InChI=1S/C24H31ClN2O3S/c1-6-21(23(29)26-24(2,3)4)27(15-17-7-11-19(30-5)12-8-17)22(28)16-31-20-13-9-18(25)10-14-20/h7-14,21H,6,15-16H2,1-5H3,(H,26,29). The molecule has 0 aromatic heterocycles. The molecule has 0 aliphatic heterocycles. The molecule has 0 spiro atoms. The fraction of sp³-hybridized carbons (Fsp3) is 0.417. The lowest BCUT2D eigenvalue weighted by molar-refractivity contribution is -0.140. The van der Waals surface area contributed by atoms with Crippen molar-refractivity contribution >= 4 is 35.2 Å². The van der Waals surface area contributed by atoms with E-state index in [-0.39, 0.29) is 23.1 Å². The molecule has 2 aromatic rings. The summed E-state index contributed by atoms with van der Waals surface area (Å²) in [6.45, 7) is 8.07. The Bertz CT molecular complexity index is 864. The number of methoxy groups -OCH3 is 1. The second-order valence-electron chi connectivity index (χ2n) is 8.28. The maximum Gasteiger partial charge on any atom is 0.243 e. The van der Waals surface area contributed by atoms with Crippen molar-refractivity contribution in [3.8, 4) is 5.75 Å². The van der Waals surface area contributed by atoms with E-state index in [0.717, 1.165) is 16.2 Å². The summed E-state index contributed by atoms with van der Waals surface area (Å²) >= 11 is 7.38. The zero-order valence-electron chi connectivity index (χ0n) is 18.8. The third kappa shape index (κ3) is 8.11. The molecule has 0 heterocycles. The molecule has 2 aromatic carbocycles. The normalized spacial score (nSPS) is 12.2. The molecule has 2 rings (SSSR count). The summed E-state index contributed by atoms with van der Waals surface area (Å²) in [5, 5.41) is 3.67. The van der Waals surface area contributed by atoms with Crippen LogP contribution in [0.1, 0.15) is 39.7 Å². The number of hydrogen-bond acceptors (Lipinski definition) is 4. The van der Waals surface area contributed by atoms with Crippen LogP contribution in [0.5, 0.6) is 5.75 Å². The van der Waals surface area contributed by atoms with Gasteiger partial charge in [-0.15, -0.1) is 11.8 Å². The Morgan fingerprint density at radius 2 is 1.71 bits per heavy atom. The monoisotopic (exact) mass is 462 g/mol. The van der Waals surface area contributed by atoms with E-state index >= 15 is 0 Å². The van der Waals surface area contributed by atoms with Crippen molar-refractivity contribution in [3.05, 3.63) is 59.1 Å². The van der Waals surface area contributed by atoms with E-state index < -0.39 is 6.04 Å². The second kappa shape index (κ2) is 11.4. The fourth-order valence-electron chi connectivity index (χ4n) is 3.06. The lowest BCUT2D eigenvalue weighted by atomic mass is 10.1. The summed E-state index contributed by atoms with van der Waals surface area (Å²) in [6.07, 6.45) is 0.523. The molecule has 0 fully saturated rings. The van der Waals surface area contributed by atoms with E-state index in [1.54, 1.807) is 24.1 Å². The number of nitrogens with one attached hydrogen (secondary N) is 1. The minimum Gasteiger partial charge on any atom is -0.497 e. The van der Waals surface area contributed by atoms with Crippen LogP contribution in [-0.2, 0) is 16.1 Å². The summed E-state index contributed by atoms with van der Waals surface area (Å²) in [7, 11) is 1.61. The zero-order valence-corrected chi connectivity index (χ0v) is 20.3.